The number of nitrogens with one attached hydrogen (secondary N) is 1. The normalized spacial score (nSPS) is 10.6. The molecule has 1 aromatic carbocycles. The SMILES string of the molecule is CCNc1ccc(C(F)(F)F)cc1.Cl. The molecule has 1 nitrogen and oxygen atoms in total. The third-order valence-corrected chi connectivity index (χ3v) is 1.59. The Kier molecular flexibility index (Phi) is 4.77. The van der Waals surface area contributed by atoms with Crippen molar-refractivity contribution in [2.24, 2.45) is 0 Å². The average molecular weight is 226 g/mol. The van der Waals surface area contributed by atoms with Crippen molar-refractivity contribution in [1.29, 1.82) is 0 Å². The number of hydrogen-bond acceptors (Lipinski definition) is 1. The molecule has 1 N–H and O–H groups in total. The van der Waals surface area contributed by atoms with Gasteiger partial charge in [-0.05, 0) is 31.2 Å². The summed E-state index contributed by atoms with van der Waals surface area (Å²) in [6.07, 6.45) is -4.25. The maximum absolute atomic E-state index is 12.1. The van der Waals surface area contributed by atoms with E-state index in [2.05, 4.69) is 5.32 Å². The number of rotatable bonds is 2. The van der Waals surface area contributed by atoms with Crippen LogP contribution in [0.15, 0.2) is 24.3 Å². The van der Waals surface area contributed by atoms with Gasteiger partial charge >= 0.3 is 6.18 Å². The third kappa shape index (κ3) is 3.46. The topological polar surface area (TPSA) is 12.0 Å². The van der Waals surface area contributed by atoms with E-state index in [-0.39, 0.29) is 12.4 Å². The van der Waals surface area contributed by atoms with Crippen LogP contribution in [0.2, 0.25) is 0 Å². The summed E-state index contributed by atoms with van der Waals surface area (Å²) in [6.45, 7) is 2.59. The molecule has 0 bridgehead atoms. The fraction of sp³-hybridized carbons (Fsp3) is 0.333. The Bertz CT molecular complexity index is 268. The van der Waals surface area contributed by atoms with E-state index in [1.807, 2.05) is 6.92 Å². The van der Waals surface area contributed by atoms with Gasteiger partial charge in [-0.25, -0.2) is 0 Å². The Morgan fingerprint density at radius 1 is 1.14 bits per heavy atom. The minimum Gasteiger partial charge on any atom is -0.385 e. The second-order valence-corrected chi connectivity index (χ2v) is 2.61. The minimum absolute atomic E-state index is 0. The van der Waals surface area contributed by atoms with E-state index in [1.165, 1.54) is 12.1 Å². The first-order chi connectivity index (χ1) is 6.04. The number of halogens is 4. The summed E-state index contributed by atoms with van der Waals surface area (Å²) in [5.41, 5.74) is 0.0876. The zero-order valence-corrected chi connectivity index (χ0v) is 8.38. The monoisotopic (exact) mass is 225 g/mol. The Morgan fingerprint density at radius 3 is 2.00 bits per heavy atom. The zero-order chi connectivity index (χ0) is 9.90. The molecule has 0 aliphatic rings. The van der Waals surface area contributed by atoms with Crippen LogP contribution in [0.1, 0.15) is 12.5 Å². The summed E-state index contributed by atoms with van der Waals surface area (Å²) in [4.78, 5) is 0. The van der Waals surface area contributed by atoms with Crippen molar-refractivity contribution in [3.05, 3.63) is 29.8 Å². The van der Waals surface area contributed by atoms with Crippen molar-refractivity contribution in [2.75, 3.05) is 11.9 Å². The molecule has 0 atom stereocenters. The molecule has 0 aromatic heterocycles. The molecule has 0 aliphatic carbocycles. The van der Waals surface area contributed by atoms with Gasteiger partial charge in [0.25, 0.3) is 0 Å². The molecular weight excluding hydrogens is 215 g/mol. The van der Waals surface area contributed by atoms with Crippen LogP contribution in [0, 0.1) is 0 Å². The summed E-state index contributed by atoms with van der Waals surface area (Å²) in [6, 6.07) is 4.98. The van der Waals surface area contributed by atoms with Gasteiger partial charge in [0.15, 0.2) is 0 Å². The maximum Gasteiger partial charge on any atom is 0.416 e. The Balaban J connectivity index is 0.00000169. The van der Waals surface area contributed by atoms with E-state index in [1.54, 1.807) is 0 Å². The Hall–Kier alpha value is -0.900. The Morgan fingerprint density at radius 2 is 1.64 bits per heavy atom. The number of anilines is 1. The molecule has 0 aliphatic heterocycles. The minimum atomic E-state index is -4.25. The van der Waals surface area contributed by atoms with Crippen LogP contribution in [0.4, 0.5) is 18.9 Å². The van der Waals surface area contributed by atoms with E-state index in [0.717, 1.165) is 12.1 Å². The molecule has 0 fully saturated rings. The fourth-order valence-corrected chi connectivity index (χ4v) is 0.981. The lowest BCUT2D eigenvalue weighted by molar-refractivity contribution is -0.137. The van der Waals surface area contributed by atoms with E-state index >= 15 is 0 Å². The number of alkyl halides is 3. The summed E-state index contributed by atoms with van der Waals surface area (Å²) in [7, 11) is 0. The highest BCUT2D eigenvalue weighted by molar-refractivity contribution is 5.85. The van der Waals surface area contributed by atoms with Crippen molar-refractivity contribution < 1.29 is 13.2 Å². The molecule has 1 aromatic rings. The zero-order valence-electron chi connectivity index (χ0n) is 7.56. The summed E-state index contributed by atoms with van der Waals surface area (Å²) >= 11 is 0. The molecule has 1 rings (SSSR count). The van der Waals surface area contributed by atoms with Gasteiger partial charge in [0.2, 0.25) is 0 Å². The van der Waals surface area contributed by atoms with Crippen molar-refractivity contribution in [3.8, 4) is 0 Å². The predicted octanol–water partition coefficient (Wildman–Crippen LogP) is 3.56. The second kappa shape index (κ2) is 5.10. The third-order valence-electron chi connectivity index (χ3n) is 1.59. The van der Waals surface area contributed by atoms with Crippen LogP contribution < -0.4 is 5.32 Å². The van der Waals surface area contributed by atoms with Gasteiger partial charge in [-0.2, -0.15) is 13.2 Å². The van der Waals surface area contributed by atoms with Crippen molar-refractivity contribution in [2.45, 2.75) is 13.1 Å². The molecule has 5 heteroatoms. The summed E-state index contributed by atoms with van der Waals surface area (Å²) in [5, 5.41) is 2.92. The predicted molar refractivity (Wildman–Crippen MR) is 52.9 cm³/mol. The van der Waals surface area contributed by atoms with Gasteiger partial charge < -0.3 is 5.32 Å². The summed E-state index contributed by atoms with van der Waals surface area (Å²) < 4.78 is 36.3. The van der Waals surface area contributed by atoms with Crippen LogP contribution >= 0.6 is 12.4 Å². The first-order valence-electron chi connectivity index (χ1n) is 3.95. The quantitative estimate of drug-likeness (QED) is 0.812. The molecule has 0 amide bonds. The van der Waals surface area contributed by atoms with E-state index in [4.69, 9.17) is 0 Å². The van der Waals surface area contributed by atoms with Crippen molar-refractivity contribution >= 4 is 18.1 Å². The summed E-state index contributed by atoms with van der Waals surface area (Å²) in [5.74, 6) is 0. The molecule has 0 heterocycles. The molecule has 14 heavy (non-hydrogen) atoms. The van der Waals surface area contributed by atoms with Crippen LogP contribution in [0.5, 0.6) is 0 Å². The van der Waals surface area contributed by atoms with Gasteiger partial charge in [0.05, 0.1) is 5.56 Å². The second-order valence-electron chi connectivity index (χ2n) is 2.61. The molecule has 0 saturated carbocycles. The highest BCUT2D eigenvalue weighted by atomic mass is 35.5. The lowest BCUT2D eigenvalue weighted by atomic mass is 10.2. The van der Waals surface area contributed by atoms with E-state index in [9.17, 15) is 13.2 Å². The van der Waals surface area contributed by atoms with Gasteiger partial charge in [-0.1, -0.05) is 0 Å². The highest BCUT2D eigenvalue weighted by Gasteiger charge is 2.29. The van der Waals surface area contributed by atoms with Crippen LogP contribution in [0.3, 0.4) is 0 Å². The molecule has 0 spiro atoms. The lowest BCUT2D eigenvalue weighted by Gasteiger charge is -2.07. The van der Waals surface area contributed by atoms with Gasteiger partial charge in [0.1, 0.15) is 0 Å². The largest absolute Gasteiger partial charge is 0.416 e. The molecule has 0 radical (unpaired) electrons. The van der Waals surface area contributed by atoms with Crippen LogP contribution in [-0.2, 0) is 6.18 Å². The van der Waals surface area contributed by atoms with Crippen molar-refractivity contribution in [1.82, 2.24) is 0 Å². The van der Waals surface area contributed by atoms with Gasteiger partial charge in [-0.3, -0.25) is 0 Å². The fourth-order valence-electron chi connectivity index (χ4n) is 0.981. The van der Waals surface area contributed by atoms with E-state index in [0.29, 0.717) is 12.2 Å². The van der Waals surface area contributed by atoms with Crippen molar-refractivity contribution in [3.63, 3.8) is 0 Å². The first-order valence-corrected chi connectivity index (χ1v) is 3.95. The molecule has 0 unspecified atom stereocenters. The first kappa shape index (κ1) is 13.1. The number of benzene rings is 1. The smallest absolute Gasteiger partial charge is 0.385 e. The Labute approximate surface area is 86.7 Å². The van der Waals surface area contributed by atoms with Crippen LogP contribution in [0.25, 0.3) is 0 Å². The highest BCUT2D eigenvalue weighted by Crippen LogP contribution is 2.29. The van der Waals surface area contributed by atoms with Gasteiger partial charge in [-0.15, -0.1) is 12.4 Å². The van der Waals surface area contributed by atoms with Gasteiger partial charge in [0, 0.05) is 12.2 Å². The average Bonchev–Trinajstić information content (AvgIpc) is 2.04. The molecule has 0 saturated heterocycles. The number of hydrogen-bond donors (Lipinski definition) is 1. The lowest BCUT2D eigenvalue weighted by Crippen LogP contribution is -2.05. The standard InChI is InChI=1S/C9H10F3N.ClH/c1-2-13-8-5-3-7(4-6-8)9(10,11)12;/h3-6,13H,2H2,1H3;1H. The molecular formula is C9H11ClF3N. The molecule has 80 valence electrons. The maximum atomic E-state index is 12.1. The van der Waals surface area contributed by atoms with Crippen LogP contribution in [-0.4, -0.2) is 6.54 Å². The van der Waals surface area contributed by atoms with E-state index < -0.39 is 11.7 Å².